The van der Waals surface area contributed by atoms with E-state index in [1.165, 1.54) is 6.20 Å². The van der Waals surface area contributed by atoms with E-state index in [0.29, 0.717) is 11.1 Å². The second kappa shape index (κ2) is 7.80. The van der Waals surface area contributed by atoms with Gasteiger partial charge in [-0.15, -0.1) is 0 Å². The topological polar surface area (TPSA) is 93.6 Å². The molecule has 0 radical (unpaired) electrons. The number of nitrogens with zero attached hydrogens (tertiary/aromatic N) is 2. The molecule has 1 aromatic rings. The number of aromatic amines is 1. The highest BCUT2D eigenvalue weighted by molar-refractivity contribution is 6.74. The van der Waals surface area contributed by atoms with Gasteiger partial charge in [0.1, 0.15) is 6.10 Å². The van der Waals surface area contributed by atoms with Crippen molar-refractivity contribution in [2.45, 2.75) is 58.2 Å². The van der Waals surface area contributed by atoms with Crippen molar-refractivity contribution < 1.29 is 14.0 Å². The molecule has 0 aromatic carbocycles. The van der Waals surface area contributed by atoms with Crippen LogP contribution < -0.4 is 11.2 Å². The highest BCUT2D eigenvalue weighted by Gasteiger charge is 2.43. The van der Waals surface area contributed by atoms with Crippen LogP contribution in [0.5, 0.6) is 0 Å². The molecule has 1 aliphatic heterocycles. The molecule has 156 valence electrons. The Labute approximate surface area is 166 Å². The molecule has 0 aliphatic carbocycles. The minimum Gasteiger partial charge on any atom is -0.414 e. The molecule has 0 amide bonds. The predicted octanol–water partition coefficient (Wildman–Crippen LogP) is 1.78. The van der Waals surface area contributed by atoms with Crippen LogP contribution in [0.4, 0.5) is 0 Å². The van der Waals surface area contributed by atoms with E-state index in [2.05, 4.69) is 38.8 Å². The number of aromatic nitrogens is 2. The highest BCUT2D eigenvalue weighted by Crippen LogP contribution is 2.38. The second-order valence-corrected chi connectivity index (χ2v) is 13.7. The Bertz CT molecular complexity index is 892. The summed E-state index contributed by atoms with van der Waals surface area (Å²) in [7, 11) is 1.59. The van der Waals surface area contributed by atoms with Gasteiger partial charge in [-0.3, -0.25) is 19.1 Å². The van der Waals surface area contributed by atoms with Crippen molar-refractivity contribution in [1.29, 1.82) is 0 Å². The van der Waals surface area contributed by atoms with Crippen molar-refractivity contribution in [2.75, 3.05) is 20.7 Å². The molecule has 1 aliphatic rings. The Balaban J connectivity index is 2.37. The van der Waals surface area contributed by atoms with Crippen LogP contribution >= 0.6 is 0 Å². The fourth-order valence-corrected chi connectivity index (χ4v) is 3.60. The molecule has 1 N–H and O–H groups in total. The van der Waals surface area contributed by atoms with Crippen LogP contribution in [0.2, 0.25) is 18.1 Å². The van der Waals surface area contributed by atoms with E-state index < -0.39 is 31.9 Å². The first kappa shape index (κ1) is 22.3. The van der Waals surface area contributed by atoms with Gasteiger partial charge < -0.3 is 14.1 Å². The zero-order valence-electron chi connectivity index (χ0n) is 18.0. The Morgan fingerprint density at radius 1 is 1.29 bits per heavy atom. The maximum absolute atomic E-state index is 13.0. The number of rotatable bonds is 5. The minimum absolute atomic E-state index is 0.0212. The van der Waals surface area contributed by atoms with Crippen molar-refractivity contribution in [3.05, 3.63) is 44.4 Å². The molecule has 0 saturated carbocycles. The number of aryl methyl sites for hydroxylation is 1. The van der Waals surface area contributed by atoms with E-state index in [1.807, 2.05) is 14.1 Å². The van der Waals surface area contributed by atoms with Gasteiger partial charge in [-0.25, -0.2) is 4.79 Å². The summed E-state index contributed by atoms with van der Waals surface area (Å²) in [5.41, 5.74) is -0.378. The molecular weight excluding hydrogens is 378 g/mol. The van der Waals surface area contributed by atoms with Gasteiger partial charge in [-0.2, -0.15) is 0 Å². The largest absolute Gasteiger partial charge is 0.414 e. The first-order valence-electron chi connectivity index (χ1n) is 9.28. The first-order valence-corrected chi connectivity index (χ1v) is 12.2. The van der Waals surface area contributed by atoms with Gasteiger partial charge in [-0.05, 0) is 25.1 Å². The summed E-state index contributed by atoms with van der Waals surface area (Å²) in [6.07, 6.45) is 1.34. The normalized spacial score (nSPS) is 22.1. The monoisotopic (exact) mass is 409 g/mol. The lowest BCUT2D eigenvalue weighted by molar-refractivity contribution is -0.126. The lowest BCUT2D eigenvalue weighted by atomic mass is 10.1. The van der Waals surface area contributed by atoms with Crippen LogP contribution in [0, 0.1) is 6.92 Å². The molecule has 1 aromatic heterocycles. The lowest BCUT2D eigenvalue weighted by Gasteiger charge is -2.36. The van der Waals surface area contributed by atoms with Crippen molar-refractivity contribution in [2.24, 2.45) is 0 Å². The van der Waals surface area contributed by atoms with Gasteiger partial charge in [0.25, 0.3) is 5.56 Å². The molecular formula is C19H31N3O5Si. The highest BCUT2D eigenvalue weighted by atomic mass is 28.4. The van der Waals surface area contributed by atoms with Gasteiger partial charge in [0.2, 0.25) is 12.0 Å². The molecule has 2 heterocycles. The molecule has 0 unspecified atom stereocenters. The molecule has 0 bridgehead atoms. The van der Waals surface area contributed by atoms with E-state index >= 15 is 0 Å². The Kier molecular flexibility index (Phi) is 6.22. The number of carbonyl (C=O) groups is 1. The van der Waals surface area contributed by atoms with Gasteiger partial charge in [-0.1, -0.05) is 20.8 Å². The predicted molar refractivity (Wildman–Crippen MR) is 110 cm³/mol. The van der Waals surface area contributed by atoms with Crippen LogP contribution in [0.3, 0.4) is 0 Å². The molecule has 28 heavy (non-hydrogen) atoms. The van der Waals surface area contributed by atoms with Crippen molar-refractivity contribution in [3.63, 3.8) is 0 Å². The van der Waals surface area contributed by atoms with E-state index in [1.54, 1.807) is 18.0 Å². The number of hydrogen-bond acceptors (Lipinski definition) is 6. The second-order valence-electron chi connectivity index (χ2n) is 8.94. The van der Waals surface area contributed by atoms with Crippen LogP contribution in [0.1, 0.15) is 32.6 Å². The summed E-state index contributed by atoms with van der Waals surface area (Å²) >= 11 is 0. The van der Waals surface area contributed by atoms with E-state index in [0.717, 1.165) is 4.57 Å². The molecule has 9 heteroatoms. The summed E-state index contributed by atoms with van der Waals surface area (Å²) in [5, 5.41) is 0.0212. The quantitative estimate of drug-likeness (QED) is 0.589. The zero-order chi connectivity index (χ0) is 21.4. The average Bonchev–Trinajstić information content (AvgIpc) is 2.84. The van der Waals surface area contributed by atoms with Crippen molar-refractivity contribution in [3.8, 4) is 0 Å². The zero-order valence-corrected chi connectivity index (χ0v) is 19.0. The summed E-state index contributed by atoms with van der Waals surface area (Å²) in [5.74, 6) is -0.314. The fraction of sp³-hybridized carbons (Fsp3) is 0.632. The molecule has 1 saturated heterocycles. The number of Topliss-reactive ketones (excluding diaryl/α,β-unsaturated/α-hetero) is 1. The van der Waals surface area contributed by atoms with E-state index in [9.17, 15) is 14.4 Å². The number of ether oxygens (including phenoxy) is 1. The first-order chi connectivity index (χ1) is 12.7. The Morgan fingerprint density at radius 2 is 1.89 bits per heavy atom. The smallest absolute Gasteiger partial charge is 0.330 e. The number of hydrogen-bond donors (Lipinski definition) is 1. The van der Waals surface area contributed by atoms with Crippen LogP contribution in [0.15, 0.2) is 27.6 Å². The van der Waals surface area contributed by atoms with E-state index in [4.69, 9.17) is 9.16 Å². The number of carbonyl (C=O) groups excluding carboxylic acids is 1. The van der Waals surface area contributed by atoms with E-state index in [-0.39, 0.29) is 17.4 Å². The van der Waals surface area contributed by atoms with Gasteiger partial charge >= 0.3 is 5.69 Å². The maximum Gasteiger partial charge on any atom is 0.330 e. The molecule has 2 rings (SSSR count). The standard InChI is InChI=1S/C19H31N3O5Si/c1-12-9-22(18(25)20-16(12)24)17-15(23)13(10-21(5)6)14(27-17)11-26-28(7,8)19(2,3)4/h9-10,14,17H,11H2,1-8H3,(H,20,24,25)/t14-,17-/m0/s1. The summed E-state index contributed by atoms with van der Waals surface area (Å²) in [6, 6.07) is 0. The summed E-state index contributed by atoms with van der Waals surface area (Å²) in [6.45, 7) is 12.5. The lowest BCUT2D eigenvalue weighted by Crippen LogP contribution is -2.43. The Hall–Kier alpha value is -1.97. The van der Waals surface area contributed by atoms with Crippen molar-refractivity contribution >= 4 is 14.1 Å². The summed E-state index contributed by atoms with van der Waals surface area (Å²) in [4.78, 5) is 40.9. The molecule has 0 spiro atoms. The van der Waals surface area contributed by atoms with Gasteiger partial charge in [0.15, 0.2) is 8.32 Å². The maximum atomic E-state index is 13.0. The van der Waals surface area contributed by atoms with Crippen molar-refractivity contribution in [1.82, 2.24) is 14.5 Å². The third-order valence-corrected chi connectivity index (χ3v) is 9.85. The van der Waals surface area contributed by atoms with Crippen LogP contribution in [-0.2, 0) is 14.0 Å². The minimum atomic E-state index is -2.04. The number of nitrogens with one attached hydrogen (secondary N) is 1. The third kappa shape index (κ3) is 4.53. The fourth-order valence-electron chi connectivity index (χ4n) is 2.60. The SMILES string of the molecule is Cc1cn([C@H]2O[C@@H](CO[Si](C)(C)C(C)(C)C)C(=CN(C)C)C2=O)c(=O)[nH]c1=O. The molecule has 2 atom stereocenters. The number of ketones is 1. The Morgan fingerprint density at radius 3 is 2.43 bits per heavy atom. The van der Waals surface area contributed by atoms with Gasteiger partial charge in [0.05, 0.1) is 6.61 Å². The number of H-pyrrole nitrogens is 1. The summed E-state index contributed by atoms with van der Waals surface area (Å²) < 4.78 is 13.3. The molecule has 8 nitrogen and oxygen atoms in total. The van der Waals surface area contributed by atoms with Crippen LogP contribution in [-0.4, -0.2) is 55.4 Å². The third-order valence-electron chi connectivity index (χ3n) is 5.35. The van der Waals surface area contributed by atoms with Crippen LogP contribution in [0.25, 0.3) is 0 Å². The molecule has 1 fully saturated rings. The van der Waals surface area contributed by atoms with Gasteiger partial charge in [0, 0.05) is 37.6 Å². The average molecular weight is 410 g/mol.